The summed E-state index contributed by atoms with van der Waals surface area (Å²) in [5, 5.41) is 12.2. The molecule has 1 saturated heterocycles. The van der Waals surface area contributed by atoms with Gasteiger partial charge in [-0.2, -0.15) is 0 Å². The van der Waals surface area contributed by atoms with E-state index in [2.05, 4.69) is 5.32 Å². The maximum Gasteiger partial charge on any atom is 0.266 e. The van der Waals surface area contributed by atoms with Gasteiger partial charge in [0.05, 0.1) is 4.91 Å². The SMILES string of the molecule is Cc1ccc(/C=C2\SC(=S)N(CCCCCC(=O)Nc3cccc(O)c3)C2=O)cc1. The molecule has 5 nitrogen and oxygen atoms in total. The van der Waals surface area contributed by atoms with Gasteiger partial charge in [0, 0.05) is 24.7 Å². The van der Waals surface area contributed by atoms with E-state index in [1.165, 1.54) is 23.4 Å². The minimum Gasteiger partial charge on any atom is -0.508 e. The van der Waals surface area contributed by atoms with Crippen molar-refractivity contribution in [2.75, 3.05) is 11.9 Å². The fourth-order valence-electron chi connectivity index (χ4n) is 3.05. The van der Waals surface area contributed by atoms with Crippen molar-refractivity contribution in [3.63, 3.8) is 0 Å². The number of thioether (sulfide) groups is 1. The Morgan fingerprint density at radius 2 is 1.93 bits per heavy atom. The molecule has 0 aromatic heterocycles. The van der Waals surface area contributed by atoms with E-state index in [1.807, 2.05) is 37.3 Å². The Labute approximate surface area is 186 Å². The summed E-state index contributed by atoms with van der Waals surface area (Å²) in [6.45, 7) is 2.59. The molecule has 1 heterocycles. The number of rotatable bonds is 8. The van der Waals surface area contributed by atoms with Gasteiger partial charge < -0.3 is 10.4 Å². The number of aromatic hydroxyl groups is 1. The summed E-state index contributed by atoms with van der Waals surface area (Å²) in [5.74, 6) is -0.0211. The molecular weight excluding hydrogens is 416 g/mol. The van der Waals surface area contributed by atoms with Crippen LogP contribution in [-0.2, 0) is 9.59 Å². The third-order valence-corrected chi connectivity index (χ3v) is 6.04. The fraction of sp³-hybridized carbons (Fsp3) is 0.261. The Balaban J connectivity index is 1.41. The molecule has 0 bridgehead atoms. The van der Waals surface area contributed by atoms with Crippen LogP contribution in [0.3, 0.4) is 0 Å². The highest BCUT2D eigenvalue weighted by atomic mass is 32.2. The highest BCUT2D eigenvalue weighted by Crippen LogP contribution is 2.32. The van der Waals surface area contributed by atoms with Crippen molar-refractivity contribution in [2.24, 2.45) is 0 Å². The van der Waals surface area contributed by atoms with Gasteiger partial charge in [-0.1, -0.05) is 66.3 Å². The van der Waals surface area contributed by atoms with Gasteiger partial charge in [0.2, 0.25) is 5.91 Å². The van der Waals surface area contributed by atoms with Crippen molar-refractivity contribution < 1.29 is 14.7 Å². The van der Waals surface area contributed by atoms with Crippen molar-refractivity contribution >= 4 is 51.9 Å². The van der Waals surface area contributed by atoms with E-state index in [1.54, 1.807) is 23.1 Å². The number of phenols is 1. The number of nitrogens with zero attached hydrogens (tertiary/aromatic N) is 1. The van der Waals surface area contributed by atoms with Crippen molar-refractivity contribution in [1.82, 2.24) is 4.90 Å². The average molecular weight is 441 g/mol. The molecule has 0 saturated carbocycles. The van der Waals surface area contributed by atoms with E-state index in [4.69, 9.17) is 12.2 Å². The van der Waals surface area contributed by atoms with Crippen LogP contribution in [0, 0.1) is 6.92 Å². The summed E-state index contributed by atoms with van der Waals surface area (Å²) in [7, 11) is 0. The number of amides is 2. The van der Waals surface area contributed by atoms with Crippen LogP contribution in [0.25, 0.3) is 6.08 Å². The van der Waals surface area contributed by atoms with E-state index < -0.39 is 0 Å². The third-order valence-electron chi connectivity index (χ3n) is 4.66. The zero-order valence-electron chi connectivity index (χ0n) is 16.8. The second-order valence-corrected chi connectivity index (χ2v) is 8.83. The third kappa shape index (κ3) is 6.18. The van der Waals surface area contributed by atoms with Gasteiger partial charge in [-0.3, -0.25) is 14.5 Å². The predicted octanol–water partition coefficient (Wildman–Crippen LogP) is 5.10. The first kappa shape index (κ1) is 22.1. The molecule has 1 aliphatic heterocycles. The number of hydrogen-bond donors (Lipinski definition) is 2. The lowest BCUT2D eigenvalue weighted by atomic mass is 10.1. The molecule has 0 unspecified atom stereocenters. The zero-order valence-corrected chi connectivity index (χ0v) is 18.4. The van der Waals surface area contributed by atoms with Crippen LogP contribution in [0.5, 0.6) is 5.75 Å². The molecule has 2 aromatic rings. The van der Waals surface area contributed by atoms with Crippen molar-refractivity contribution in [2.45, 2.75) is 32.6 Å². The molecule has 1 aliphatic rings. The van der Waals surface area contributed by atoms with Crippen molar-refractivity contribution in [3.05, 3.63) is 64.6 Å². The van der Waals surface area contributed by atoms with Gasteiger partial charge in [-0.15, -0.1) is 0 Å². The number of nitrogens with one attached hydrogen (secondary N) is 1. The summed E-state index contributed by atoms with van der Waals surface area (Å²) >= 11 is 6.71. The summed E-state index contributed by atoms with van der Waals surface area (Å²) in [6, 6.07) is 14.5. The Morgan fingerprint density at radius 1 is 1.17 bits per heavy atom. The minimum atomic E-state index is -0.0905. The van der Waals surface area contributed by atoms with Crippen LogP contribution in [0.2, 0.25) is 0 Å². The molecule has 0 atom stereocenters. The molecule has 0 radical (unpaired) electrons. The van der Waals surface area contributed by atoms with Gasteiger partial charge in [0.25, 0.3) is 5.91 Å². The van der Waals surface area contributed by atoms with Gasteiger partial charge >= 0.3 is 0 Å². The van der Waals surface area contributed by atoms with Crippen LogP contribution in [0.1, 0.15) is 36.8 Å². The predicted molar refractivity (Wildman–Crippen MR) is 126 cm³/mol. The largest absolute Gasteiger partial charge is 0.508 e. The van der Waals surface area contributed by atoms with Crippen molar-refractivity contribution in [1.29, 1.82) is 0 Å². The Morgan fingerprint density at radius 3 is 2.67 bits per heavy atom. The van der Waals surface area contributed by atoms with E-state index in [0.29, 0.717) is 27.9 Å². The Bertz CT molecular complexity index is 971. The van der Waals surface area contributed by atoms with Crippen LogP contribution in [0.4, 0.5) is 5.69 Å². The lowest BCUT2D eigenvalue weighted by Gasteiger charge is -2.14. The molecule has 30 heavy (non-hydrogen) atoms. The van der Waals surface area contributed by atoms with Gasteiger partial charge in [-0.05, 0) is 43.5 Å². The zero-order chi connectivity index (χ0) is 21.5. The smallest absolute Gasteiger partial charge is 0.266 e. The van der Waals surface area contributed by atoms with E-state index in [9.17, 15) is 14.7 Å². The summed E-state index contributed by atoms with van der Waals surface area (Å²) in [6.07, 6.45) is 4.59. The molecule has 2 aromatic carbocycles. The average Bonchev–Trinajstić information content (AvgIpc) is 2.96. The van der Waals surface area contributed by atoms with Crippen LogP contribution < -0.4 is 5.32 Å². The molecule has 0 aliphatic carbocycles. The second-order valence-electron chi connectivity index (χ2n) is 7.15. The number of benzene rings is 2. The first-order valence-electron chi connectivity index (χ1n) is 9.83. The van der Waals surface area contributed by atoms with Crippen LogP contribution >= 0.6 is 24.0 Å². The van der Waals surface area contributed by atoms with Gasteiger partial charge in [0.15, 0.2) is 0 Å². The standard InChI is InChI=1S/C23H24N2O3S2/c1-16-9-11-17(12-10-16)14-20-22(28)25(23(29)30-20)13-4-2-3-8-21(27)24-18-6-5-7-19(26)15-18/h5-7,9-12,14-15,26H,2-4,8,13H2,1H3,(H,24,27)/b20-14-. The fourth-order valence-corrected chi connectivity index (χ4v) is 4.35. The van der Waals surface area contributed by atoms with Gasteiger partial charge in [0.1, 0.15) is 10.1 Å². The maximum absolute atomic E-state index is 12.7. The monoisotopic (exact) mass is 440 g/mol. The number of carbonyl (C=O) groups excluding carboxylic acids is 2. The number of unbranched alkanes of at least 4 members (excludes halogenated alkanes) is 2. The number of anilines is 1. The summed E-state index contributed by atoms with van der Waals surface area (Å²) < 4.78 is 0.583. The molecule has 1 fully saturated rings. The molecule has 156 valence electrons. The lowest BCUT2D eigenvalue weighted by Crippen LogP contribution is -2.29. The highest BCUT2D eigenvalue weighted by Gasteiger charge is 2.31. The van der Waals surface area contributed by atoms with E-state index in [0.717, 1.165) is 24.8 Å². The normalized spacial score (nSPS) is 15.1. The summed E-state index contributed by atoms with van der Waals surface area (Å²) in [4.78, 5) is 26.9. The number of thiocarbonyl (C=S) groups is 1. The first-order valence-corrected chi connectivity index (χ1v) is 11.1. The maximum atomic E-state index is 12.7. The summed E-state index contributed by atoms with van der Waals surface area (Å²) in [5.41, 5.74) is 2.74. The number of aryl methyl sites for hydroxylation is 1. The molecule has 3 rings (SSSR count). The molecule has 2 amide bonds. The van der Waals surface area contributed by atoms with E-state index >= 15 is 0 Å². The number of carbonyl (C=O) groups is 2. The Kier molecular flexibility index (Phi) is 7.65. The number of hydrogen-bond acceptors (Lipinski definition) is 5. The molecule has 7 heteroatoms. The topological polar surface area (TPSA) is 69.6 Å². The minimum absolute atomic E-state index is 0.0489. The first-order chi connectivity index (χ1) is 14.4. The quantitative estimate of drug-likeness (QED) is 0.339. The van der Waals surface area contributed by atoms with Crippen molar-refractivity contribution in [3.8, 4) is 5.75 Å². The van der Waals surface area contributed by atoms with E-state index in [-0.39, 0.29) is 17.6 Å². The highest BCUT2D eigenvalue weighted by molar-refractivity contribution is 8.26. The molecular formula is C23H24N2O3S2. The number of phenolic OH excluding ortho intramolecular Hbond substituents is 1. The van der Waals surface area contributed by atoms with Gasteiger partial charge in [-0.25, -0.2) is 0 Å². The lowest BCUT2D eigenvalue weighted by molar-refractivity contribution is -0.122. The van der Waals surface area contributed by atoms with Crippen LogP contribution in [0.15, 0.2) is 53.4 Å². The molecule has 2 N–H and O–H groups in total. The Hall–Kier alpha value is -2.64. The van der Waals surface area contributed by atoms with Crippen LogP contribution in [-0.4, -0.2) is 32.7 Å². The molecule has 0 spiro atoms. The second kappa shape index (κ2) is 10.4.